The van der Waals surface area contributed by atoms with Gasteiger partial charge in [0.15, 0.2) is 0 Å². The van der Waals surface area contributed by atoms with E-state index in [1.54, 1.807) is 0 Å². The molecular weight excluding hydrogens is 216 g/mol. The van der Waals surface area contributed by atoms with Crippen LogP contribution in [0.3, 0.4) is 0 Å². The number of aromatic nitrogens is 2. The van der Waals surface area contributed by atoms with E-state index in [2.05, 4.69) is 24.0 Å². The summed E-state index contributed by atoms with van der Waals surface area (Å²) in [6.07, 6.45) is 4.15. The lowest BCUT2D eigenvalue weighted by molar-refractivity contribution is 0.190. The summed E-state index contributed by atoms with van der Waals surface area (Å²) in [6.45, 7) is 5.17. The van der Waals surface area contributed by atoms with Gasteiger partial charge in [-0.1, -0.05) is 6.92 Å². The van der Waals surface area contributed by atoms with Crippen LogP contribution < -0.4 is 10.6 Å². The highest BCUT2D eigenvalue weighted by atomic mass is 16.5. The number of rotatable bonds is 3. The van der Waals surface area contributed by atoms with Crippen LogP contribution in [0.15, 0.2) is 4.52 Å². The Morgan fingerprint density at radius 2 is 2.12 bits per heavy atom. The molecule has 1 aromatic rings. The van der Waals surface area contributed by atoms with Crippen LogP contribution >= 0.6 is 0 Å². The first-order valence-corrected chi connectivity index (χ1v) is 6.39. The van der Waals surface area contributed by atoms with E-state index < -0.39 is 5.54 Å². The van der Waals surface area contributed by atoms with Gasteiger partial charge in [0, 0.05) is 13.6 Å². The molecule has 0 spiro atoms. The largest absolute Gasteiger partial charge is 0.342 e. The highest BCUT2D eigenvalue weighted by molar-refractivity contribution is 5.26. The summed E-state index contributed by atoms with van der Waals surface area (Å²) in [5.41, 5.74) is 5.97. The molecule has 2 rings (SSSR count). The molecule has 1 aromatic heterocycles. The Morgan fingerprint density at radius 1 is 1.47 bits per heavy atom. The lowest BCUT2D eigenvalue weighted by Crippen LogP contribution is -2.40. The number of anilines is 1. The van der Waals surface area contributed by atoms with Gasteiger partial charge in [-0.3, -0.25) is 0 Å². The SMILES string of the molecule is CCN(C)c1noc(C2(N)CCC(C)CC2)n1. The van der Waals surface area contributed by atoms with Gasteiger partial charge in [0.1, 0.15) is 0 Å². The van der Waals surface area contributed by atoms with E-state index in [1.165, 1.54) is 0 Å². The van der Waals surface area contributed by atoms with E-state index in [1.807, 2.05) is 11.9 Å². The summed E-state index contributed by atoms with van der Waals surface area (Å²) in [5, 5.41) is 3.99. The second-order valence-corrected chi connectivity index (χ2v) is 5.25. The average molecular weight is 238 g/mol. The molecule has 2 N–H and O–H groups in total. The molecule has 96 valence electrons. The van der Waals surface area contributed by atoms with Crippen LogP contribution in [0.5, 0.6) is 0 Å². The molecule has 17 heavy (non-hydrogen) atoms. The molecule has 0 aromatic carbocycles. The van der Waals surface area contributed by atoms with Crippen molar-refractivity contribution in [3.63, 3.8) is 0 Å². The van der Waals surface area contributed by atoms with Crippen LogP contribution in [0.1, 0.15) is 45.4 Å². The molecule has 0 unspecified atom stereocenters. The molecular formula is C12H22N4O. The van der Waals surface area contributed by atoms with Gasteiger partial charge >= 0.3 is 0 Å². The normalized spacial score (nSPS) is 29.3. The maximum absolute atomic E-state index is 6.38. The fourth-order valence-corrected chi connectivity index (χ4v) is 2.21. The van der Waals surface area contributed by atoms with Crippen LogP contribution in [0, 0.1) is 5.92 Å². The Balaban J connectivity index is 2.14. The van der Waals surface area contributed by atoms with Gasteiger partial charge in [-0.2, -0.15) is 4.98 Å². The molecule has 1 heterocycles. The lowest BCUT2D eigenvalue weighted by atomic mass is 9.78. The van der Waals surface area contributed by atoms with Crippen LogP contribution in [-0.4, -0.2) is 23.7 Å². The minimum absolute atomic E-state index is 0.410. The first kappa shape index (κ1) is 12.4. The fourth-order valence-electron chi connectivity index (χ4n) is 2.21. The van der Waals surface area contributed by atoms with Crippen LogP contribution in [0.4, 0.5) is 5.95 Å². The van der Waals surface area contributed by atoms with Crippen molar-refractivity contribution in [2.45, 2.75) is 45.1 Å². The second-order valence-electron chi connectivity index (χ2n) is 5.25. The van der Waals surface area contributed by atoms with Gasteiger partial charge in [-0.25, -0.2) is 0 Å². The Hall–Kier alpha value is -1.10. The molecule has 0 saturated heterocycles. The third-order valence-electron chi connectivity index (χ3n) is 3.82. The van der Waals surface area contributed by atoms with Crippen molar-refractivity contribution in [1.29, 1.82) is 0 Å². The van der Waals surface area contributed by atoms with Crippen LogP contribution in [-0.2, 0) is 5.54 Å². The second kappa shape index (κ2) is 4.64. The van der Waals surface area contributed by atoms with Crippen molar-refractivity contribution >= 4 is 5.95 Å². The van der Waals surface area contributed by atoms with Crippen molar-refractivity contribution < 1.29 is 4.52 Å². The van der Waals surface area contributed by atoms with Crippen LogP contribution in [0.25, 0.3) is 0 Å². The summed E-state index contributed by atoms with van der Waals surface area (Å²) < 4.78 is 5.34. The van der Waals surface area contributed by atoms with Crippen molar-refractivity contribution in [1.82, 2.24) is 10.1 Å². The number of nitrogens with two attached hydrogens (primary N) is 1. The zero-order valence-electron chi connectivity index (χ0n) is 10.9. The third-order valence-corrected chi connectivity index (χ3v) is 3.82. The summed E-state index contributed by atoms with van der Waals surface area (Å²) in [5.74, 6) is 1.98. The fraction of sp³-hybridized carbons (Fsp3) is 0.833. The minimum Gasteiger partial charge on any atom is -0.342 e. The molecule has 1 aliphatic rings. The van der Waals surface area contributed by atoms with Gasteiger partial charge in [-0.15, -0.1) is 0 Å². The smallest absolute Gasteiger partial charge is 0.265 e. The molecule has 0 aliphatic heterocycles. The average Bonchev–Trinajstić information content (AvgIpc) is 2.82. The van der Waals surface area contributed by atoms with Gasteiger partial charge < -0.3 is 15.2 Å². The molecule has 1 fully saturated rings. The van der Waals surface area contributed by atoms with Gasteiger partial charge in [0.2, 0.25) is 5.89 Å². The van der Waals surface area contributed by atoms with E-state index in [4.69, 9.17) is 10.3 Å². The van der Waals surface area contributed by atoms with E-state index in [-0.39, 0.29) is 0 Å². The molecule has 0 radical (unpaired) electrons. The molecule has 0 bridgehead atoms. The highest BCUT2D eigenvalue weighted by Gasteiger charge is 2.37. The first-order chi connectivity index (χ1) is 8.05. The summed E-state index contributed by atoms with van der Waals surface area (Å²) >= 11 is 0. The van der Waals surface area contributed by atoms with E-state index in [0.29, 0.717) is 11.8 Å². The van der Waals surface area contributed by atoms with Gasteiger partial charge in [-0.05, 0) is 43.7 Å². The monoisotopic (exact) mass is 238 g/mol. The standard InChI is InChI=1S/C12H22N4O/c1-4-16(3)11-14-10(17-15-11)12(13)7-5-9(2)6-8-12/h9H,4-8,13H2,1-3H3. The van der Waals surface area contributed by atoms with E-state index in [9.17, 15) is 0 Å². The maximum Gasteiger partial charge on any atom is 0.265 e. The van der Waals surface area contributed by atoms with Crippen molar-refractivity contribution in [3.05, 3.63) is 5.89 Å². The summed E-state index contributed by atoms with van der Waals surface area (Å²) in [6, 6.07) is 0. The molecule has 1 aliphatic carbocycles. The quantitative estimate of drug-likeness (QED) is 0.871. The topological polar surface area (TPSA) is 68.2 Å². The van der Waals surface area contributed by atoms with Gasteiger partial charge in [0.25, 0.3) is 5.95 Å². The minimum atomic E-state index is -0.410. The lowest BCUT2D eigenvalue weighted by Gasteiger charge is -2.32. The van der Waals surface area contributed by atoms with Crippen molar-refractivity contribution in [2.24, 2.45) is 11.7 Å². The first-order valence-electron chi connectivity index (χ1n) is 6.39. The molecule has 0 atom stereocenters. The highest BCUT2D eigenvalue weighted by Crippen LogP contribution is 2.36. The Labute approximate surface area is 102 Å². The molecule has 0 amide bonds. The molecule has 1 saturated carbocycles. The Kier molecular flexibility index (Phi) is 3.38. The maximum atomic E-state index is 6.38. The Bertz CT molecular complexity index is 368. The zero-order chi connectivity index (χ0) is 12.5. The predicted molar refractivity (Wildman–Crippen MR) is 66.7 cm³/mol. The number of hydrogen-bond donors (Lipinski definition) is 1. The summed E-state index contributed by atoms with van der Waals surface area (Å²) in [4.78, 5) is 6.37. The zero-order valence-corrected chi connectivity index (χ0v) is 10.9. The van der Waals surface area contributed by atoms with Gasteiger partial charge in [0.05, 0.1) is 5.54 Å². The number of nitrogens with zero attached hydrogens (tertiary/aromatic N) is 3. The predicted octanol–water partition coefficient (Wildman–Crippen LogP) is 1.89. The van der Waals surface area contributed by atoms with Crippen molar-refractivity contribution in [2.75, 3.05) is 18.5 Å². The van der Waals surface area contributed by atoms with Crippen molar-refractivity contribution in [3.8, 4) is 0 Å². The van der Waals surface area contributed by atoms with E-state index in [0.717, 1.165) is 38.1 Å². The van der Waals surface area contributed by atoms with E-state index >= 15 is 0 Å². The third kappa shape index (κ3) is 2.44. The number of hydrogen-bond acceptors (Lipinski definition) is 5. The molecule has 5 heteroatoms. The Morgan fingerprint density at radius 3 is 2.71 bits per heavy atom. The van der Waals surface area contributed by atoms with Crippen LogP contribution in [0.2, 0.25) is 0 Å². The molecule has 5 nitrogen and oxygen atoms in total. The summed E-state index contributed by atoms with van der Waals surface area (Å²) in [7, 11) is 1.95.